The second-order valence-corrected chi connectivity index (χ2v) is 7.96. The van der Waals surface area contributed by atoms with Gasteiger partial charge in [-0.15, -0.1) is 0 Å². The number of benzene rings is 3. The van der Waals surface area contributed by atoms with Crippen molar-refractivity contribution in [2.24, 2.45) is 0 Å². The van der Waals surface area contributed by atoms with Gasteiger partial charge in [-0.2, -0.15) is 0 Å². The van der Waals surface area contributed by atoms with Crippen molar-refractivity contribution in [2.75, 3.05) is 6.61 Å². The Bertz CT molecular complexity index is 1460. The number of hydrogen-bond acceptors (Lipinski definition) is 5. The Morgan fingerprint density at radius 3 is 2.24 bits per heavy atom. The van der Waals surface area contributed by atoms with E-state index in [0.29, 0.717) is 17.3 Å². The van der Waals surface area contributed by atoms with Gasteiger partial charge in [0.05, 0.1) is 17.4 Å². The van der Waals surface area contributed by atoms with Crippen LogP contribution < -0.4 is 11.2 Å². The van der Waals surface area contributed by atoms with Gasteiger partial charge in [0, 0.05) is 6.54 Å². The van der Waals surface area contributed by atoms with Crippen LogP contribution in [0.15, 0.2) is 88.5 Å². The lowest BCUT2D eigenvalue weighted by atomic mass is 10.1. The van der Waals surface area contributed by atoms with Crippen LogP contribution in [-0.2, 0) is 24.3 Å². The van der Waals surface area contributed by atoms with Gasteiger partial charge in [-0.3, -0.25) is 18.7 Å². The van der Waals surface area contributed by atoms with Gasteiger partial charge < -0.3 is 10.2 Å². The van der Waals surface area contributed by atoms with Crippen LogP contribution in [0.25, 0.3) is 17.0 Å². The molecule has 0 aliphatic rings. The molecule has 0 fully saturated rings. The van der Waals surface area contributed by atoms with Crippen LogP contribution in [0, 0.1) is 0 Å². The third kappa shape index (κ3) is 5.05. The van der Waals surface area contributed by atoms with E-state index in [1.807, 2.05) is 24.3 Å². The van der Waals surface area contributed by atoms with Crippen molar-refractivity contribution < 1.29 is 15.0 Å². The molecule has 0 bridgehead atoms. The third-order valence-corrected chi connectivity index (χ3v) is 5.63. The van der Waals surface area contributed by atoms with Gasteiger partial charge >= 0.3 is 5.69 Å². The summed E-state index contributed by atoms with van der Waals surface area (Å²) in [5.41, 5.74) is 2.41. The molecule has 0 amide bonds. The number of phenolic OH excluding ortho intramolecular Hbond substituents is 1. The van der Waals surface area contributed by atoms with Crippen molar-refractivity contribution in [1.29, 1.82) is 0 Å². The molecule has 1 heterocycles. The Kier molecular flexibility index (Phi) is 6.85. The fourth-order valence-corrected chi connectivity index (χ4v) is 3.78. The first-order chi connectivity index (χ1) is 16.5. The van der Waals surface area contributed by atoms with E-state index >= 15 is 0 Å². The summed E-state index contributed by atoms with van der Waals surface area (Å²) in [4.78, 5) is 37.7. The molecule has 4 aromatic rings. The van der Waals surface area contributed by atoms with Crippen LogP contribution in [0.2, 0.25) is 0 Å². The maximum absolute atomic E-state index is 13.4. The molecule has 0 saturated heterocycles. The largest absolute Gasteiger partial charge is 0.508 e. The van der Waals surface area contributed by atoms with E-state index in [1.54, 1.807) is 59.2 Å². The fraction of sp³-hybridized carbons (Fsp3) is 0.148. The summed E-state index contributed by atoms with van der Waals surface area (Å²) >= 11 is 0. The maximum Gasteiger partial charge on any atom is 0.331 e. The first kappa shape index (κ1) is 22.9. The van der Waals surface area contributed by atoms with E-state index in [9.17, 15) is 19.5 Å². The Hall–Kier alpha value is -4.23. The molecule has 2 N–H and O–H groups in total. The van der Waals surface area contributed by atoms with Gasteiger partial charge in [0.2, 0.25) is 0 Å². The van der Waals surface area contributed by atoms with Gasteiger partial charge in [0.25, 0.3) is 5.56 Å². The normalized spacial score (nSPS) is 11.3. The highest BCUT2D eigenvalue weighted by molar-refractivity contribution is 5.94. The highest BCUT2D eigenvalue weighted by atomic mass is 16.3. The van der Waals surface area contributed by atoms with Gasteiger partial charge in [-0.1, -0.05) is 54.6 Å². The Balaban J connectivity index is 1.67. The summed E-state index contributed by atoms with van der Waals surface area (Å²) in [7, 11) is 0. The summed E-state index contributed by atoms with van der Waals surface area (Å²) in [6, 6.07) is 21.1. The molecule has 1 aromatic heterocycles. The molecule has 172 valence electrons. The minimum Gasteiger partial charge on any atom is -0.508 e. The van der Waals surface area contributed by atoms with Gasteiger partial charge in [0.15, 0.2) is 5.78 Å². The second kappa shape index (κ2) is 10.1. The summed E-state index contributed by atoms with van der Waals surface area (Å²) in [6.07, 6.45) is 3.41. The van der Waals surface area contributed by atoms with Crippen molar-refractivity contribution in [3.8, 4) is 5.75 Å². The number of ketones is 1. The van der Waals surface area contributed by atoms with E-state index in [1.165, 1.54) is 10.6 Å². The van der Waals surface area contributed by atoms with Crippen molar-refractivity contribution in [3.63, 3.8) is 0 Å². The standard InChI is InChI=1S/C27H24N2O5/c30-18-23(32)14-11-19-5-7-21(8-6-19)17-29-25-4-2-1-3-24(25)26(33)28(27(29)34)16-15-20-9-12-22(31)13-10-20/h1-14,30-31H,15-18H2/b14-11+. The van der Waals surface area contributed by atoms with Gasteiger partial charge in [-0.05, 0) is 53.5 Å². The zero-order chi connectivity index (χ0) is 24.1. The predicted octanol–water partition coefficient (Wildman–Crippen LogP) is 2.73. The lowest BCUT2D eigenvalue weighted by Gasteiger charge is -2.14. The first-order valence-electron chi connectivity index (χ1n) is 10.9. The van der Waals surface area contributed by atoms with Crippen LogP contribution in [0.5, 0.6) is 5.75 Å². The predicted molar refractivity (Wildman–Crippen MR) is 131 cm³/mol. The topological polar surface area (TPSA) is 102 Å². The molecule has 0 aliphatic carbocycles. The smallest absolute Gasteiger partial charge is 0.331 e. The van der Waals surface area contributed by atoms with Crippen LogP contribution >= 0.6 is 0 Å². The van der Waals surface area contributed by atoms with Crippen molar-refractivity contribution in [1.82, 2.24) is 9.13 Å². The summed E-state index contributed by atoms with van der Waals surface area (Å²) < 4.78 is 2.85. The number of nitrogens with zero attached hydrogens (tertiary/aromatic N) is 2. The molecule has 0 unspecified atom stereocenters. The minimum absolute atomic E-state index is 0.162. The molecule has 0 radical (unpaired) electrons. The Labute approximate surface area is 195 Å². The maximum atomic E-state index is 13.4. The Morgan fingerprint density at radius 2 is 1.53 bits per heavy atom. The number of hydrogen-bond donors (Lipinski definition) is 2. The highest BCUT2D eigenvalue weighted by Crippen LogP contribution is 2.13. The molecule has 7 nitrogen and oxygen atoms in total. The molecule has 0 aliphatic heterocycles. The van der Waals surface area contributed by atoms with Gasteiger partial charge in [0.1, 0.15) is 12.4 Å². The molecule has 3 aromatic carbocycles. The number of phenols is 1. The van der Waals surface area contributed by atoms with E-state index in [4.69, 9.17) is 5.11 Å². The quantitative estimate of drug-likeness (QED) is 0.397. The number of carbonyl (C=O) groups is 1. The first-order valence-corrected chi connectivity index (χ1v) is 10.9. The summed E-state index contributed by atoms with van der Waals surface area (Å²) in [5.74, 6) is -0.216. The molecule has 0 saturated carbocycles. The average Bonchev–Trinajstić information content (AvgIpc) is 2.86. The fourth-order valence-electron chi connectivity index (χ4n) is 3.78. The third-order valence-electron chi connectivity index (χ3n) is 5.63. The number of rotatable bonds is 8. The molecule has 4 rings (SSSR count). The van der Waals surface area contributed by atoms with Crippen LogP contribution in [-0.4, -0.2) is 31.7 Å². The average molecular weight is 456 g/mol. The van der Waals surface area contributed by atoms with Crippen LogP contribution in [0.1, 0.15) is 16.7 Å². The second-order valence-electron chi connectivity index (χ2n) is 7.96. The summed E-state index contributed by atoms with van der Waals surface area (Å²) in [5, 5.41) is 18.8. The van der Waals surface area contributed by atoms with Crippen molar-refractivity contribution >= 4 is 22.8 Å². The minimum atomic E-state index is -0.535. The molecule has 0 atom stereocenters. The number of fused-ring (bicyclic) bond motifs is 1. The number of aliphatic hydroxyl groups is 1. The zero-order valence-electron chi connectivity index (χ0n) is 18.4. The SMILES string of the molecule is O=C(/C=C/c1ccc(Cn2c(=O)n(CCc3ccc(O)cc3)c(=O)c3ccccc32)cc1)CO. The van der Waals surface area contributed by atoms with E-state index in [2.05, 4.69) is 0 Å². The Morgan fingerprint density at radius 1 is 0.853 bits per heavy atom. The molecular formula is C27H24N2O5. The molecule has 34 heavy (non-hydrogen) atoms. The monoisotopic (exact) mass is 456 g/mol. The molecule has 0 spiro atoms. The lowest BCUT2D eigenvalue weighted by molar-refractivity contribution is -0.117. The van der Waals surface area contributed by atoms with Crippen LogP contribution in [0.4, 0.5) is 0 Å². The highest BCUT2D eigenvalue weighted by Gasteiger charge is 2.13. The summed E-state index contributed by atoms with van der Waals surface area (Å²) in [6.45, 7) is -0.0404. The molecule has 7 heteroatoms. The van der Waals surface area contributed by atoms with Crippen LogP contribution in [0.3, 0.4) is 0 Å². The number of carbonyl (C=O) groups excluding carboxylic acids is 1. The lowest BCUT2D eigenvalue weighted by Crippen LogP contribution is -2.40. The zero-order valence-corrected chi connectivity index (χ0v) is 18.4. The number of aryl methyl sites for hydroxylation is 1. The van der Waals surface area contributed by atoms with Crippen molar-refractivity contribution in [3.05, 3.63) is 116 Å². The van der Waals surface area contributed by atoms with Crippen molar-refractivity contribution in [2.45, 2.75) is 19.5 Å². The number of aliphatic hydroxyl groups excluding tert-OH is 1. The molecular weight excluding hydrogens is 432 g/mol. The van der Waals surface area contributed by atoms with E-state index in [0.717, 1.165) is 16.7 Å². The van der Waals surface area contributed by atoms with E-state index < -0.39 is 6.61 Å². The number of aromatic hydroxyl groups is 1. The number of para-hydroxylation sites is 1. The van der Waals surface area contributed by atoms with E-state index in [-0.39, 0.29) is 35.9 Å². The van der Waals surface area contributed by atoms with Gasteiger partial charge in [-0.25, -0.2) is 4.79 Å². The number of aromatic nitrogens is 2.